The van der Waals surface area contributed by atoms with E-state index in [1.807, 2.05) is 67.3 Å². The normalized spacial score (nSPS) is 15.9. The van der Waals surface area contributed by atoms with Gasteiger partial charge >= 0.3 is 0 Å². The molecule has 1 aliphatic carbocycles. The molecule has 1 aliphatic heterocycles. The van der Waals surface area contributed by atoms with Crippen molar-refractivity contribution in [2.45, 2.75) is 27.2 Å². The first kappa shape index (κ1) is 25.2. The van der Waals surface area contributed by atoms with Crippen molar-refractivity contribution in [2.24, 2.45) is 5.92 Å². The first-order valence-corrected chi connectivity index (χ1v) is 12.4. The molecule has 6 heteroatoms. The first-order chi connectivity index (χ1) is 17.3. The number of rotatable bonds is 6. The van der Waals surface area contributed by atoms with Gasteiger partial charge in [-0.25, -0.2) is 4.98 Å². The smallest absolute Gasteiger partial charge is 0.229 e. The van der Waals surface area contributed by atoms with E-state index >= 15 is 0 Å². The number of piperazine rings is 1. The number of anilines is 2. The van der Waals surface area contributed by atoms with Crippen LogP contribution in [0.2, 0.25) is 0 Å². The number of carbonyl (C=O) groups excluding carboxylic acids is 2. The van der Waals surface area contributed by atoms with E-state index in [1.165, 1.54) is 0 Å². The van der Waals surface area contributed by atoms with Crippen molar-refractivity contribution in [1.82, 2.24) is 9.88 Å². The monoisotopic (exact) mass is 482 g/mol. The van der Waals surface area contributed by atoms with Gasteiger partial charge in [-0.15, -0.1) is 0 Å². The Labute approximate surface area is 213 Å². The molecule has 1 N–H and O–H groups in total. The van der Waals surface area contributed by atoms with E-state index in [2.05, 4.69) is 40.9 Å². The molecule has 0 atom stereocenters. The van der Waals surface area contributed by atoms with E-state index in [9.17, 15) is 9.59 Å². The molecule has 6 nitrogen and oxygen atoms in total. The summed E-state index contributed by atoms with van der Waals surface area (Å²) in [4.78, 5) is 33.4. The summed E-state index contributed by atoms with van der Waals surface area (Å²) in [6.45, 7) is 13.0. The van der Waals surface area contributed by atoms with Gasteiger partial charge in [0.1, 0.15) is 5.82 Å². The van der Waals surface area contributed by atoms with Gasteiger partial charge in [-0.05, 0) is 46.9 Å². The summed E-state index contributed by atoms with van der Waals surface area (Å²) in [5.74, 6) is 0.660. The van der Waals surface area contributed by atoms with Gasteiger partial charge in [0, 0.05) is 32.1 Å². The average Bonchev–Trinajstić information content (AvgIpc) is 3.05. The standard InChI is InChI=1S/C30H34N4O2/c1-21(2)30(36)34-16-14-33(15-17-34)27-12-13-28(31-20-27)32-29(35)19-24-8-10-25(11-9-24)26-7-5-6-22(3)23(4)18-26/h5-13,18,20-21H,3,14-17,19H2,1-2,4H3,(H,31,32,35). The van der Waals surface area contributed by atoms with Gasteiger partial charge < -0.3 is 15.1 Å². The minimum Gasteiger partial charge on any atom is -0.367 e. The Morgan fingerprint density at radius 3 is 2.42 bits per heavy atom. The number of allylic oxidation sites excluding steroid dienone is 7. The van der Waals surface area contributed by atoms with Gasteiger partial charge in [0.2, 0.25) is 11.8 Å². The fourth-order valence-electron chi connectivity index (χ4n) is 4.34. The molecule has 1 fully saturated rings. The molecule has 1 saturated heterocycles. The molecule has 2 heterocycles. The van der Waals surface area contributed by atoms with E-state index in [-0.39, 0.29) is 24.2 Å². The van der Waals surface area contributed by atoms with Crippen molar-refractivity contribution in [3.8, 4) is 0 Å². The van der Waals surface area contributed by atoms with Crippen molar-refractivity contribution < 1.29 is 9.59 Å². The summed E-state index contributed by atoms with van der Waals surface area (Å²) in [5.41, 5.74) is 6.31. The molecular weight excluding hydrogens is 448 g/mol. The van der Waals surface area contributed by atoms with Crippen LogP contribution in [-0.2, 0) is 16.0 Å². The third-order valence-electron chi connectivity index (χ3n) is 6.57. The van der Waals surface area contributed by atoms with E-state index < -0.39 is 0 Å². The second-order valence-electron chi connectivity index (χ2n) is 9.62. The van der Waals surface area contributed by atoms with E-state index in [4.69, 9.17) is 0 Å². The second-order valence-corrected chi connectivity index (χ2v) is 9.62. The molecule has 36 heavy (non-hydrogen) atoms. The van der Waals surface area contributed by atoms with Crippen LogP contribution >= 0.6 is 0 Å². The average molecular weight is 483 g/mol. The zero-order valence-corrected chi connectivity index (χ0v) is 21.3. The van der Waals surface area contributed by atoms with Gasteiger partial charge in [0.25, 0.3) is 0 Å². The van der Waals surface area contributed by atoms with Gasteiger partial charge in [0.15, 0.2) is 0 Å². The number of hydrogen-bond donors (Lipinski definition) is 1. The quantitative estimate of drug-likeness (QED) is 0.628. The number of pyridine rings is 1. The highest BCUT2D eigenvalue weighted by Crippen LogP contribution is 2.24. The van der Waals surface area contributed by atoms with Crippen molar-refractivity contribution >= 4 is 28.9 Å². The predicted octanol–water partition coefficient (Wildman–Crippen LogP) is 5.02. The van der Waals surface area contributed by atoms with Crippen molar-refractivity contribution in [1.29, 1.82) is 0 Å². The third-order valence-corrected chi connectivity index (χ3v) is 6.57. The fourth-order valence-corrected chi connectivity index (χ4v) is 4.34. The summed E-state index contributed by atoms with van der Waals surface area (Å²) < 4.78 is 0. The predicted molar refractivity (Wildman–Crippen MR) is 147 cm³/mol. The van der Waals surface area contributed by atoms with Gasteiger partial charge in [-0.1, -0.05) is 69.0 Å². The fraction of sp³-hybridized carbons (Fsp3) is 0.300. The molecule has 2 aromatic rings. The molecule has 2 aliphatic rings. The van der Waals surface area contributed by atoms with E-state index in [0.29, 0.717) is 18.9 Å². The highest BCUT2D eigenvalue weighted by atomic mass is 16.2. The van der Waals surface area contributed by atoms with Crippen LogP contribution in [0.4, 0.5) is 11.5 Å². The van der Waals surface area contributed by atoms with Crippen LogP contribution in [-0.4, -0.2) is 47.9 Å². The summed E-state index contributed by atoms with van der Waals surface area (Å²) in [5, 5.41) is 2.89. The lowest BCUT2D eigenvalue weighted by Gasteiger charge is -2.36. The number of nitrogens with zero attached hydrogens (tertiary/aromatic N) is 3. The Balaban J connectivity index is 1.30. The van der Waals surface area contributed by atoms with Crippen LogP contribution in [0.1, 0.15) is 31.9 Å². The number of aromatic nitrogens is 1. The molecule has 4 rings (SSSR count). The van der Waals surface area contributed by atoms with Crippen LogP contribution in [0.25, 0.3) is 5.57 Å². The van der Waals surface area contributed by atoms with Crippen LogP contribution in [0, 0.1) is 5.92 Å². The topological polar surface area (TPSA) is 65.5 Å². The molecule has 0 unspecified atom stereocenters. The van der Waals surface area contributed by atoms with E-state index in [0.717, 1.165) is 46.6 Å². The second kappa shape index (κ2) is 11.2. The number of amides is 2. The minimum absolute atomic E-state index is 0.0256. The Morgan fingerprint density at radius 2 is 1.78 bits per heavy atom. The van der Waals surface area contributed by atoms with Gasteiger partial charge in [-0.3, -0.25) is 9.59 Å². The lowest BCUT2D eigenvalue weighted by Crippen LogP contribution is -2.49. The molecule has 0 bridgehead atoms. The molecule has 186 valence electrons. The SMILES string of the molecule is C=C1C=CC=C(c2ccc(CC(=O)Nc3ccc(N4CCN(C(=O)C(C)C)CC4)cn3)cc2)C=C1C. The highest BCUT2D eigenvalue weighted by Gasteiger charge is 2.23. The van der Waals surface area contributed by atoms with Gasteiger partial charge in [0.05, 0.1) is 18.3 Å². The highest BCUT2D eigenvalue weighted by molar-refractivity contribution is 5.91. The summed E-state index contributed by atoms with van der Waals surface area (Å²) >= 11 is 0. The van der Waals surface area contributed by atoms with Crippen molar-refractivity contribution in [2.75, 3.05) is 36.4 Å². The maximum absolute atomic E-state index is 12.6. The Hall–Kier alpha value is -3.93. The van der Waals surface area contributed by atoms with Crippen LogP contribution < -0.4 is 10.2 Å². The van der Waals surface area contributed by atoms with Crippen molar-refractivity contribution in [3.05, 3.63) is 95.8 Å². The largest absolute Gasteiger partial charge is 0.367 e. The molecule has 2 amide bonds. The molecular formula is C30H34N4O2. The summed E-state index contributed by atoms with van der Waals surface area (Å²) in [6, 6.07) is 11.9. The molecule has 0 radical (unpaired) electrons. The maximum atomic E-state index is 12.6. The zero-order chi connectivity index (χ0) is 25.7. The number of nitrogens with one attached hydrogen (secondary N) is 1. The Morgan fingerprint density at radius 1 is 1.06 bits per heavy atom. The van der Waals surface area contributed by atoms with Crippen molar-refractivity contribution in [3.63, 3.8) is 0 Å². The molecule has 0 saturated carbocycles. The summed E-state index contributed by atoms with van der Waals surface area (Å²) in [6.07, 6.45) is 10.3. The third kappa shape index (κ3) is 6.19. The first-order valence-electron chi connectivity index (χ1n) is 12.4. The maximum Gasteiger partial charge on any atom is 0.229 e. The minimum atomic E-state index is -0.104. The number of benzene rings is 1. The zero-order valence-electron chi connectivity index (χ0n) is 21.3. The molecule has 1 aromatic heterocycles. The Kier molecular flexibility index (Phi) is 7.84. The van der Waals surface area contributed by atoms with Crippen LogP contribution in [0.3, 0.4) is 0 Å². The number of carbonyl (C=O) groups is 2. The van der Waals surface area contributed by atoms with E-state index in [1.54, 1.807) is 6.20 Å². The Bertz CT molecular complexity index is 1210. The summed E-state index contributed by atoms with van der Waals surface area (Å²) in [7, 11) is 0. The van der Waals surface area contributed by atoms with Crippen LogP contribution in [0.5, 0.6) is 0 Å². The van der Waals surface area contributed by atoms with Crippen LogP contribution in [0.15, 0.2) is 84.6 Å². The molecule has 1 aromatic carbocycles. The van der Waals surface area contributed by atoms with Gasteiger partial charge in [-0.2, -0.15) is 0 Å². The lowest BCUT2D eigenvalue weighted by molar-refractivity contribution is -0.134. The number of hydrogen-bond acceptors (Lipinski definition) is 4. The lowest BCUT2D eigenvalue weighted by atomic mass is 10.00. The molecule has 0 spiro atoms.